The van der Waals surface area contributed by atoms with E-state index in [-0.39, 0.29) is 5.91 Å². The van der Waals surface area contributed by atoms with E-state index in [0.29, 0.717) is 25.1 Å². The van der Waals surface area contributed by atoms with Crippen molar-refractivity contribution in [2.75, 3.05) is 6.54 Å². The highest BCUT2D eigenvalue weighted by molar-refractivity contribution is 5.81. The molecule has 1 rings (SSSR count). The van der Waals surface area contributed by atoms with E-state index >= 15 is 0 Å². The summed E-state index contributed by atoms with van der Waals surface area (Å²) in [5, 5.41) is 8.77. The van der Waals surface area contributed by atoms with Crippen molar-refractivity contribution in [2.45, 2.75) is 32.4 Å². The maximum absolute atomic E-state index is 12.3. The van der Waals surface area contributed by atoms with Crippen molar-refractivity contribution in [1.82, 2.24) is 4.90 Å². The zero-order valence-corrected chi connectivity index (χ0v) is 11.9. The molecule has 0 bridgehead atoms. The average Bonchev–Trinajstić information content (AvgIpc) is 2.47. The van der Waals surface area contributed by atoms with Gasteiger partial charge in [-0.15, -0.1) is 6.58 Å². The maximum Gasteiger partial charge on any atom is 0.240 e. The summed E-state index contributed by atoms with van der Waals surface area (Å²) in [4.78, 5) is 14.0. The van der Waals surface area contributed by atoms with E-state index in [1.54, 1.807) is 23.1 Å². The minimum atomic E-state index is -0.530. The summed E-state index contributed by atoms with van der Waals surface area (Å²) in [5.41, 5.74) is 7.47. The first kappa shape index (κ1) is 15.9. The number of benzene rings is 1. The molecule has 0 aliphatic rings. The minimum Gasteiger partial charge on any atom is -0.337 e. The maximum atomic E-state index is 12.3. The van der Waals surface area contributed by atoms with Crippen molar-refractivity contribution < 1.29 is 4.79 Å². The van der Waals surface area contributed by atoms with E-state index in [9.17, 15) is 4.79 Å². The molecule has 1 amide bonds. The van der Waals surface area contributed by atoms with Crippen molar-refractivity contribution >= 4 is 5.91 Å². The molecular weight excluding hydrogens is 250 g/mol. The SMILES string of the molecule is C=CCC(N)C(=O)N(CCC)Cc1ccc(C#N)cc1. The van der Waals surface area contributed by atoms with Crippen LogP contribution in [0.4, 0.5) is 0 Å². The van der Waals surface area contributed by atoms with Gasteiger partial charge in [0.05, 0.1) is 17.7 Å². The van der Waals surface area contributed by atoms with Crippen LogP contribution >= 0.6 is 0 Å². The van der Waals surface area contributed by atoms with Crippen LogP contribution < -0.4 is 5.73 Å². The normalized spacial score (nSPS) is 11.4. The Balaban J connectivity index is 2.77. The number of hydrogen-bond donors (Lipinski definition) is 1. The Morgan fingerprint density at radius 1 is 1.50 bits per heavy atom. The Hall–Kier alpha value is -2.12. The second-order valence-corrected chi connectivity index (χ2v) is 4.70. The van der Waals surface area contributed by atoms with Gasteiger partial charge < -0.3 is 10.6 Å². The second-order valence-electron chi connectivity index (χ2n) is 4.70. The topological polar surface area (TPSA) is 70.1 Å². The van der Waals surface area contributed by atoms with Gasteiger partial charge in [0.15, 0.2) is 0 Å². The van der Waals surface area contributed by atoms with E-state index in [1.165, 1.54) is 0 Å². The summed E-state index contributed by atoms with van der Waals surface area (Å²) in [5.74, 6) is -0.0592. The first-order valence-corrected chi connectivity index (χ1v) is 6.76. The van der Waals surface area contributed by atoms with Crippen molar-refractivity contribution in [3.05, 3.63) is 48.0 Å². The fraction of sp³-hybridized carbons (Fsp3) is 0.375. The second kappa shape index (κ2) is 8.13. The van der Waals surface area contributed by atoms with Crippen LogP contribution in [0.15, 0.2) is 36.9 Å². The number of nitrogens with zero attached hydrogens (tertiary/aromatic N) is 2. The number of hydrogen-bond acceptors (Lipinski definition) is 3. The molecule has 0 aliphatic heterocycles. The molecule has 1 atom stereocenters. The molecule has 0 saturated carbocycles. The smallest absolute Gasteiger partial charge is 0.240 e. The monoisotopic (exact) mass is 271 g/mol. The fourth-order valence-corrected chi connectivity index (χ4v) is 1.96. The standard InChI is InChI=1S/C16H21N3O/c1-3-5-15(18)16(20)19(10-4-2)12-14-8-6-13(11-17)7-9-14/h3,6-9,15H,1,4-5,10,12,18H2,2H3. The number of amides is 1. The molecule has 0 radical (unpaired) electrons. The lowest BCUT2D eigenvalue weighted by molar-refractivity contribution is -0.133. The quantitative estimate of drug-likeness (QED) is 0.773. The van der Waals surface area contributed by atoms with Crippen LogP contribution in [-0.2, 0) is 11.3 Å². The lowest BCUT2D eigenvalue weighted by Gasteiger charge is -2.25. The third-order valence-corrected chi connectivity index (χ3v) is 3.00. The van der Waals surface area contributed by atoms with E-state index in [0.717, 1.165) is 12.0 Å². The lowest BCUT2D eigenvalue weighted by Crippen LogP contribution is -2.43. The van der Waals surface area contributed by atoms with E-state index in [2.05, 4.69) is 12.6 Å². The number of carbonyl (C=O) groups excluding carboxylic acids is 1. The summed E-state index contributed by atoms with van der Waals surface area (Å²) in [6.07, 6.45) is 3.02. The molecule has 0 aliphatic carbocycles. The molecule has 1 aromatic carbocycles. The van der Waals surface area contributed by atoms with Gasteiger partial charge in [-0.3, -0.25) is 4.79 Å². The molecule has 4 heteroatoms. The Labute approximate surface area is 120 Å². The summed E-state index contributed by atoms with van der Waals surface area (Å²) >= 11 is 0. The van der Waals surface area contributed by atoms with Gasteiger partial charge in [-0.25, -0.2) is 0 Å². The molecule has 20 heavy (non-hydrogen) atoms. The third kappa shape index (κ3) is 4.52. The van der Waals surface area contributed by atoms with Gasteiger partial charge in [0.1, 0.15) is 0 Å². The van der Waals surface area contributed by atoms with Crippen LogP contribution in [0.5, 0.6) is 0 Å². The number of nitrogens with two attached hydrogens (primary N) is 1. The Morgan fingerprint density at radius 2 is 2.15 bits per heavy atom. The van der Waals surface area contributed by atoms with Gasteiger partial charge >= 0.3 is 0 Å². The van der Waals surface area contributed by atoms with Gasteiger partial charge in [0.25, 0.3) is 0 Å². The molecule has 1 unspecified atom stereocenters. The molecule has 4 nitrogen and oxygen atoms in total. The van der Waals surface area contributed by atoms with Crippen molar-refractivity contribution in [3.63, 3.8) is 0 Å². The zero-order valence-electron chi connectivity index (χ0n) is 11.9. The summed E-state index contributed by atoms with van der Waals surface area (Å²) in [6, 6.07) is 8.80. The minimum absolute atomic E-state index is 0.0592. The molecule has 0 saturated heterocycles. The van der Waals surface area contributed by atoms with E-state index in [1.807, 2.05) is 19.1 Å². The Bertz CT molecular complexity index is 487. The average molecular weight is 271 g/mol. The van der Waals surface area contributed by atoms with E-state index in [4.69, 9.17) is 11.0 Å². The van der Waals surface area contributed by atoms with Crippen molar-refractivity contribution in [2.24, 2.45) is 5.73 Å². The number of nitriles is 1. The van der Waals surface area contributed by atoms with Crippen LogP contribution in [0.25, 0.3) is 0 Å². The van der Waals surface area contributed by atoms with Crippen LogP contribution in [0, 0.1) is 11.3 Å². The third-order valence-electron chi connectivity index (χ3n) is 3.00. The molecule has 1 aromatic rings. The summed E-state index contributed by atoms with van der Waals surface area (Å²) < 4.78 is 0. The van der Waals surface area contributed by atoms with Crippen LogP contribution in [0.3, 0.4) is 0 Å². The molecular formula is C16H21N3O. The fourth-order valence-electron chi connectivity index (χ4n) is 1.96. The molecule has 0 aromatic heterocycles. The highest BCUT2D eigenvalue weighted by atomic mass is 16.2. The Kier molecular flexibility index (Phi) is 6.48. The highest BCUT2D eigenvalue weighted by Crippen LogP contribution is 2.09. The van der Waals surface area contributed by atoms with Crippen molar-refractivity contribution in [3.8, 4) is 6.07 Å². The predicted molar refractivity (Wildman–Crippen MR) is 79.7 cm³/mol. The van der Waals surface area contributed by atoms with Crippen LogP contribution in [0.2, 0.25) is 0 Å². The first-order valence-electron chi connectivity index (χ1n) is 6.76. The summed E-state index contributed by atoms with van der Waals surface area (Å²) in [7, 11) is 0. The van der Waals surface area contributed by atoms with Crippen LogP contribution in [-0.4, -0.2) is 23.4 Å². The largest absolute Gasteiger partial charge is 0.337 e. The summed E-state index contributed by atoms with van der Waals surface area (Å²) in [6.45, 7) is 6.82. The lowest BCUT2D eigenvalue weighted by atomic mass is 10.1. The zero-order chi connectivity index (χ0) is 15.0. The molecule has 0 spiro atoms. The van der Waals surface area contributed by atoms with Crippen molar-refractivity contribution in [1.29, 1.82) is 5.26 Å². The highest BCUT2D eigenvalue weighted by Gasteiger charge is 2.19. The van der Waals surface area contributed by atoms with Gasteiger partial charge in [0.2, 0.25) is 5.91 Å². The molecule has 0 heterocycles. The first-order chi connectivity index (χ1) is 9.62. The van der Waals surface area contributed by atoms with E-state index < -0.39 is 6.04 Å². The van der Waals surface area contributed by atoms with Gasteiger partial charge in [-0.1, -0.05) is 25.1 Å². The molecule has 106 valence electrons. The van der Waals surface area contributed by atoms with Gasteiger partial charge in [-0.2, -0.15) is 5.26 Å². The number of carbonyl (C=O) groups is 1. The van der Waals surface area contributed by atoms with Gasteiger partial charge in [-0.05, 0) is 30.5 Å². The predicted octanol–water partition coefficient (Wildman–Crippen LogP) is 2.20. The number of rotatable bonds is 7. The van der Waals surface area contributed by atoms with Gasteiger partial charge in [0, 0.05) is 13.1 Å². The molecule has 2 N–H and O–H groups in total. The molecule has 0 fully saturated rings. The van der Waals surface area contributed by atoms with Crippen LogP contribution in [0.1, 0.15) is 30.9 Å². The Morgan fingerprint density at radius 3 is 2.65 bits per heavy atom.